The van der Waals surface area contributed by atoms with Gasteiger partial charge in [0.25, 0.3) is 0 Å². The first-order chi connectivity index (χ1) is 7.27. The molecule has 0 aliphatic rings. The Kier molecular flexibility index (Phi) is 5.43. The zero-order chi connectivity index (χ0) is 11.1. The van der Waals surface area contributed by atoms with Crippen LogP contribution in [0, 0.1) is 0 Å². The molecule has 0 aliphatic carbocycles. The number of halogens is 2. The molecule has 4 heteroatoms. The zero-order valence-corrected chi connectivity index (χ0v) is 9.48. The summed E-state index contributed by atoms with van der Waals surface area (Å²) in [5.74, 6) is 0.616. The number of alkyl halides is 1. The fraction of sp³-hybridized carbons (Fsp3) is 0.455. The average Bonchev–Trinajstić information content (AvgIpc) is 2.22. The summed E-state index contributed by atoms with van der Waals surface area (Å²) in [4.78, 5) is 0. The number of hydrogen-bond donors (Lipinski definition) is 1. The predicted molar refractivity (Wildman–Crippen MR) is 60.3 cm³/mol. The third-order valence-electron chi connectivity index (χ3n) is 1.91. The quantitative estimate of drug-likeness (QED) is 0.761. The number of ether oxygens (including phenoxy) is 1. The van der Waals surface area contributed by atoms with Crippen LogP contribution in [0.15, 0.2) is 18.2 Å². The van der Waals surface area contributed by atoms with Crippen LogP contribution >= 0.6 is 11.6 Å². The van der Waals surface area contributed by atoms with Gasteiger partial charge >= 0.3 is 0 Å². The molecule has 0 spiro atoms. The van der Waals surface area contributed by atoms with E-state index in [-0.39, 0.29) is 6.67 Å². The summed E-state index contributed by atoms with van der Waals surface area (Å²) < 4.78 is 17.2. The van der Waals surface area contributed by atoms with Crippen LogP contribution in [0.3, 0.4) is 0 Å². The summed E-state index contributed by atoms with van der Waals surface area (Å²) in [5, 5.41) is 3.60. The predicted octanol–water partition coefficient (Wildman–Crippen LogP) is 2.80. The van der Waals surface area contributed by atoms with Crippen LogP contribution < -0.4 is 10.1 Å². The van der Waals surface area contributed by atoms with Gasteiger partial charge in [-0.25, -0.2) is 0 Å². The van der Waals surface area contributed by atoms with E-state index in [1.54, 1.807) is 0 Å². The molecule has 0 amide bonds. The molecule has 0 fully saturated rings. The van der Waals surface area contributed by atoms with Crippen LogP contribution in [0.2, 0.25) is 5.02 Å². The minimum atomic E-state index is -0.366. The maximum absolute atomic E-state index is 11.8. The standard InChI is InChI=1S/C11H15ClFNO/c1-14-8-9-3-4-11(10(12)7-9)15-6-2-5-13/h3-4,7,14H,2,5-6,8H2,1H3. The van der Waals surface area contributed by atoms with E-state index in [0.29, 0.717) is 23.8 Å². The van der Waals surface area contributed by atoms with Crippen molar-refractivity contribution < 1.29 is 9.13 Å². The molecule has 1 aromatic carbocycles. The molecule has 1 aromatic rings. The minimum absolute atomic E-state index is 0.363. The van der Waals surface area contributed by atoms with Crippen molar-refractivity contribution in [1.82, 2.24) is 5.32 Å². The molecule has 0 aliphatic heterocycles. The van der Waals surface area contributed by atoms with E-state index in [0.717, 1.165) is 12.1 Å². The van der Waals surface area contributed by atoms with Crippen molar-refractivity contribution in [3.05, 3.63) is 28.8 Å². The van der Waals surface area contributed by atoms with Gasteiger partial charge in [0.2, 0.25) is 0 Å². The van der Waals surface area contributed by atoms with Crippen molar-refractivity contribution in [1.29, 1.82) is 0 Å². The summed E-state index contributed by atoms with van der Waals surface area (Å²) >= 11 is 6.00. The molecule has 0 atom stereocenters. The number of nitrogens with one attached hydrogen (secondary N) is 1. The SMILES string of the molecule is CNCc1ccc(OCCCF)c(Cl)c1. The van der Waals surface area contributed by atoms with Gasteiger partial charge in [-0.3, -0.25) is 4.39 Å². The number of rotatable bonds is 6. The minimum Gasteiger partial charge on any atom is -0.492 e. The fourth-order valence-corrected chi connectivity index (χ4v) is 1.47. The van der Waals surface area contributed by atoms with Gasteiger partial charge in [0, 0.05) is 13.0 Å². The molecular formula is C11H15ClFNO. The molecule has 0 unspecified atom stereocenters. The second-order valence-corrected chi connectivity index (χ2v) is 3.59. The van der Waals surface area contributed by atoms with E-state index in [9.17, 15) is 4.39 Å². The van der Waals surface area contributed by atoms with Crippen LogP contribution in [0.25, 0.3) is 0 Å². The summed E-state index contributed by atoms with van der Waals surface area (Å²) in [6, 6.07) is 5.60. The third-order valence-corrected chi connectivity index (χ3v) is 2.21. The lowest BCUT2D eigenvalue weighted by atomic mass is 10.2. The highest BCUT2D eigenvalue weighted by atomic mass is 35.5. The van der Waals surface area contributed by atoms with Crippen molar-refractivity contribution in [3.63, 3.8) is 0 Å². The molecule has 2 nitrogen and oxygen atoms in total. The summed E-state index contributed by atoms with van der Waals surface area (Å²) in [5.41, 5.74) is 1.10. The fourth-order valence-electron chi connectivity index (χ4n) is 1.21. The molecule has 84 valence electrons. The molecule has 1 rings (SSSR count). The molecule has 0 heterocycles. The van der Waals surface area contributed by atoms with Gasteiger partial charge in [0.1, 0.15) is 5.75 Å². The van der Waals surface area contributed by atoms with Crippen LogP contribution in [-0.4, -0.2) is 20.3 Å². The highest BCUT2D eigenvalue weighted by Gasteiger charge is 2.02. The first-order valence-corrected chi connectivity index (χ1v) is 5.27. The van der Waals surface area contributed by atoms with E-state index < -0.39 is 0 Å². The van der Waals surface area contributed by atoms with Gasteiger partial charge in [-0.05, 0) is 24.7 Å². The number of benzene rings is 1. The van der Waals surface area contributed by atoms with Crippen LogP contribution in [0.1, 0.15) is 12.0 Å². The molecular weight excluding hydrogens is 217 g/mol. The maximum Gasteiger partial charge on any atom is 0.137 e. The second-order valence-electron chi connectivity index (χ2n) is 3.19. The van der Waals surface area contributed by atoms with Crippen LogP contribution in [0.5, 0.6) is 5.75 Å². The average molecular weight is 232 g/mol. The van der Waals surface area contributed by atoms with Crippen molar-refractivity contribution in [2.75, 3.05) is 20.3 Å². The highest BCUT2D eigenvalue weighted by molar-refractivity contribution is 6.32. The van der Waals surface area contributed by atoms with E-state index in [1.165, 1.54) is 0 Å². The molecule has 15 heavy (non-hydrogen) atoms. The van der Waals surface area contributed by atoms with Crippen molar-refractivity contribution in [2.45, 2.75) is 13.0 Å². The maximum atomic E-state index is 11.8. The van der Waals surface area contributed by atoms with Crippen LogP contribution in [0.4, 0.5) is 4.39 Å². The lowest BCUT2D eigenvalue weighted by Crippen LogP contribution is -2.05. The third kappa shape index (κ3) is 4.06. The van der Waals surface area contributed by atoms with Gasteiger partial charge in [-0.15, -0.1) is 0 Å². The zero-order valence-electron chi connectivity index (χ0n) is 8.72. The van der Waals surface area contributed by atoms with E-state index in [1.807, 2.05) is 25.2 Å². The second kappa shape index (κ2) is 6.64. The molecule has 0 saturated carbocycles. The molecule has 1 N–H and O–H groups in total. The van der Waals surface area contributed by atoms with Gasteiger partial charge in [-0.2, -0.15) is 0 Å². The van der Waals surface area contributed by atoms with Gasteiger partial charge in [-0.1, -0.05) is 17.7 Å². The Morgan fingerprint density at radius 1 is 1.47 bits per heavy atom. The van der Waals surface area contributed by atoms with Gasteiger partial charge < -0.3 is 10.1 Å². The Bertz CT molecular complexity index is 307. The summed E-state index contributed by atoms with van der Waals surface area (Å²) in [6.07, 6.45) is 0.397. The van der Waals surface area contributed by atoms with Gasteiger partial charge in [0.05, 0.1) is 18.3 Å². The smallest absolute Gasteiger partial charge is 0.137 e. The normalized spacial score (nSPS) is 10.3. The Balaban J connectivity index is 2.58. The van der Waals surface area contributed by atoms with Crippen LogP contribution in [-0.2, 0) is 6.54 Å². The van der Waals surface area contributed by atoms with E-state index in [2.05, 4.69) is 5.32 Å². The topological polar surface area (TPSA) is 21.3 Å². The molecule has 0 bridgehead atoms. The van der Waals surface area contributed by atoms with Crippen molar-refractivity contribution in [2.24, 2.45) is 0 Å². The van der Waals surface area contributed by atoms with Crippen molar-refractivity contribution in [3.8, 4) is 5.75 Å². The first kappa shape index (κ1) is 12.3. The van der Waals surface area contributed by atoms with Crippen molar-refractivity contribution >= 4 is 11.6 Å². The number of hydrogen-bond acceptors (Lipinski definition) is 2. The summed E-state index contributed by atoms with van der Waals surface area (Å²) in [6.45, 7) is 0.765. The highest BCUT2D eigenvalue weighted by Crippen LogP contribution is 2.25. The monoisotopic (exact) mass is 231 g/mol. The Morgan fingerprint density at radius 2 is 2.27 bits per heavy atom. The largest absolute Gasteiger partial charge is 0.492 e. The molecule has 0 radical (unpaired) electrons. The lowest BCUT2D eigenvalue weighted by molar-refractivity contribution is 0.290. The van der Waals surface area contributed by atoms with E-state index in [4.69, 9.17) is 16.3 Å². The Labute approximate surface area is 94.4 Å². The first-order valence-electron chi connectivity index (χ1n) is 4.89. The lowest BCUT2D eigenvalue weighted by Gasteiger charge is -2.08. The van der Waals surface area contributed by atoms with E-state index >= 15 is 0 Å². The molecule has 0 aromatic heterocycles. The Morgan fingerprint density at radius 3 is 2.87 bits per heavy atom. The Hall–Kier alpha value is -0.800. The summed E-state index contributed by atoms with van der Waals surface area (Å²) in [7, 11) is 1.87. The van der Waals surface area contributed by atoms with Gasteiger partial charge in [0.15, 0.2) is 0 Å². The molecule has 0 saturated heterocycles.